The lowest BCUT2D eigenvalue weighted by Gasteiger charge is -2.33. The molecule has 1 aliphatic heterocycles. The first kappa shape index (κ1) is 26.6. The van der Waals surface area contributed by atoms with Crippen molar-refractivity contribution in [1.29, 1.82) is 0 Å². The number of halogens is 1. The summed E-state index contributed by atoms with van der Waals surface area (Å²) in [5.74, 6) is 2.63. The number of anilines is 1. The molecular formula is C24H41IN4OS. The molecule has 1 saturated carbocycles. The van der Waals surface area contributed by atoms with E-state index in [1.165, 1.54) is 42.7 Å². The smallest absolute Gasteiger partial charge is 0.191 e. The number of aliphatic hydroxyl groups is 1. The summed E-state index contributed by atoms with van der Waals surface area (Å²) in [5, 5.41) is 17.2. The molecule has 3 N–H and O–H groups in total. The zero-order valence-electron chi connectivity index (χ0n) is 19.2. The van der Waals surface area contributed by atoms with Gasteiger partial charge in [-0.05, 0) is 68.4 Å². The fourth-order valence-electron chi connectivity index (χ4n) is 4.53. The minimum absolute atomic E-state index is 0. The SMILES string of the molecule is CCNC(=NCc1ccc(N2CCC(CO)CC2)cc1)NC1CCCC(SCC)C1.I. The van der Waals surface area contributed by atoms with Crippen molar-refractivity contribution in [3.8, 4) is 0 Å². The van der Waals surface area contributed by atoms with Gasteiger partial charge in [0.2, 0.25) is 0 Å². The standard InChI is InChI=1S/C24H40N4OS.HI/c1-3-25-24(27-21-6-5-7-23(16-21)30-4-2)26-17-19-8-10-22(11-9-19)28-14-12-20(18-29)13-15-28;/h8-11,20-21,23,29H,3-7,12-18H2,1-2H3,(H2,25,26,27);1H. The first-order valence-corrected chi connectivity index (χ1v) is 12.9. The van der Waals surface area contributed by atoms with Crippen LogP contribution in [0.1, 0.15) is 57.9 Å². The number of hydrogen-bond donors (Lipinski definition) is 3. The largest absolute Gasteiger partial charge is 0.396 e. The van der Waals surface area contributed by atoms with Gasteiger partial charge in [-0.25, -0.2) is 4.99 Å². The van der Waals surface area contributed by atoms with E-state index in [1.807, 2.05) is 0 Å². The summed E-state index contributed by atoms with van der Waals surface area (Å²) in [6, 6.07) is 9.38. The molecule has 0 aromatic heterocycles. The lowest BCUT2D eigenvalue weighted by Crippen LogP contribution is -2.45. The van der Waals surface area contributed by atoms with Crippen molar-refractivity contribution < 1.29 is 5.11 Å². The van der Waals surface area contributed by atoms with Gasteiger partial charge in [0, 0.05) is 43.2 Å². The number of guanidine groups is 1. The molecule has 1 aliphatic carbocycles. The average Bonchev–Trinajstić information content (AvgIpc) is 2.79. The topological polar surface area (TPSA) is 59.9 Å². The predicted octanol–water partition coefficient (Wildman–Crippen LogP) is 4.63. The fraction of sp³-hybridized carbons (Fsp3) is 0.708. The normalized spacial score (nSPS) is 22.7. The minimum atomic E-state index is 0. The third-order valence-electron chi connectivity index (χ3n) is 6.31. The summed E-state index contributed by atoms with van der Waals surface area (Å²) in [7, 11) is 0. The molecule has 176 valence electrons. The predicted molar refractivity (Wildman–Crippen MR) is 146 cm³/mol. The first-order chi connectivity index (χ1) is 14.7. The van der Waals surface area contributed by atoms with Crippen LogP contribution in [0, 0.1) is 5.92 Å². The second-order valence-electron chi connectivity index (χ2n) is 8.56. The molecule has 1 aromatic rings. The van der Waals surface area contributed by atoms with Crippen molar-refractivity contribution in [2.24, 2.45) is 10.9 Å². The molecule has 1 heterocycles. The number of thioether (sulfide) groups is 1. The van der Waals surface area contributed by atoms with Gasteiger partial charge in [0.1, 0.15) is 0 Å². The summed E-state index contributed by atoms with van der Waals surface area (Å²) < 4.78 is 0. The minimum Gasteiger partial charge on any atom is -0.396 e. The highest BCUT2D eigenvalue weighted by molar-refractivity contribution is 14.0. The first-order valence-electron chi connectivity index (χ1n) is 11.8. The Kier molecular flexibility index (Phi) is 12.4. The van der Waals surface area contributed by atoms with Crippen LogP contribution >= 0.6 is 35.7 Å². The maximum Gasteiger partial charge on any atom is 0.191 e. The van der Waals surface area contributed by atoms with Crippen molar-refractivity contribution in [2.45, 2.75) is 70.2 Å². The van der Waals surface area contributed by atoms with Crippen molar-refractivity contribution >= 4 is 47.4 Å². The molecule has 2 aliphatic rings. The van der Waals surface area contributed by atoms with Crippen LogP contribution in [-0.4, -0.2) is 54.4 Å². The number of aliphatic imine (C=N–C) groups is 1. The van der Waals surface area contributed by atoms with Gasteiger partial charge in [0.25, 0.3) is 0 Å². The van der Waals surface area contributed by atoms with E-state index in [4.69, 9.17) is 4.99 Å². The van der Waals surface area contributed by atoms with E-state index in [1.54, 1.807) is 0 Å². The fourth-order valence-corrected chi connectivity index (χ4v) is 5.71. The average molecular weight is 561 g/mol. The monoisotopic (exact) mass is 560 g/mol. The summed E-state index contributed by atoms with van der Waals surface area (Å²) in [6.07, 6.45) is 7.32. The summed E-state index contributed by atoms with van der Waals surface area (Å²) in [4.78, 5) is 7.29. The van der Waals surface area contributed by atoms with E-state index in [0.29, 0.717) is 25.1 Å². The molecule has 31 heavy (non-hydrogen) atoms. The van der Waals surface area contributed by atoms with E-state index < -0.39 is 0 Å². The number of piperidine rings is 1. The molecule has 2 fully saturated rings. The zero-order valence-corrected chi connectivity index (χ0v) is 22.3. The molecular weight excluding hydrogens is 519 g/mol. The molecule has 0 radical (unpaired) electrons. The summed E-state index contributed by atoms with van der Waals surface area (Å²) in [6.45, 7) is 8.37. The zero-order chi connectivity index (χ0) is 21.2. The number of hydrogen-bond acceptors (Lipinski definition) is 4. The molecule has 0 bridgehead atoms. The lowest BCUT2D eigenvalue weighted by molar-refractivity contribution is 0.203. The Hall–Kier alpha value is -0.670. The summed E-state index contributed by atoms with van der Waals surface area (Å²) >= 11 is 2.10. The highest BCUT2D eigenvalue weighted by Crippen LogP contribution is 2.28. The van der Waals surface area contributed by atoms with Gasteiger partial charge in [0.15, 0.2) is 5.96 Å². The van der Waals surface area contributed by atoms with Crippen LogP contribution < -0.4 is 15.5 Å². The Bertz CT molecular complexity index is 647. The van der Waals surface area contributed by atoms with Crippen molar-refractivity contribution in [1.82, 2.24) is 10.6 Å². The maximum absolute atomic E-state index is 9.32. The van der Waals surface area contributed by atoms with Crippen LogP contribution in [0.2, 0.25) is 0 Å². The highest BCUT2D eigenvalue weighted by Gasteiger charge is 2.22. The molecule has 2 unspecified atom stereocenters. The van der Waals surface area contributed by atoms with Gasteiger partial charge >= 0.3 is 0 Å². The van der Waals surface area contributed by atoms with Crippen molar-refractivity contribution in [2.75, 3.05) is 36.9 Å². The lowest BCUT2D eigenvalue weighted by atomic mass is 9.95. The highest BCUT2D eigenvalue weighted by atomic mass is 127. The van der Waals surface area contributed by atoms with Gasteiger partial charge in [-0.2, -0.15) is 11.8 Å². The molecule has 1 aromatic carbocycles. The van der Waals surface area contributed by atoms with Crippen molar-refractivity contribution in [3.05, 3.63) is 29.8 Å². The third-order valence-corrected chi connectivity index (χ3v) is 7.54. The van der Waals surface area contributed by atoms with E-state index in [-0.39, 0.29) is 24.0 Å². The number of aliphatic hydroxyl groups excluding tert-OH is 1. The Morgan fingerprint density at radius 3 is 2.52 bits per heavy atom. The Labute approximate surface area is 210 Å². The molecule has 7 heteroatoms. The van der Waals surface area contributed by atoms with Crippen LogP contribution in [0.4, 0.5) is 5.69 Å². The Balaban J connectivity index is 0.00000341. The number of nitrogens with one attached hydrogen (secondary N) is 2. The van der Waals surface area contributed by atoms with E-state index in [2.05, 4.69) is 65.4 Å². The molecule has 0 amide bonds. The molecule has 1 saturated heterocycles. The van der Waals surface area contributed by atoms with E-state index in [0.717, 1.165) is 43.7 Å². The number of nitrogens with zero attached hydrogens (tertiary/aromatic N) is 2. The Morgan fingerprint density at radius 2 is 1.87 bits per heavy atom. The molecule has 2 atom stereocenters. The van der Waals surface area contributed by atoms with Crippen LogP contribution in [-0.2, 0) is 6.54 Å². The number of benzene rings is 1. The quantitative estimate of drug-likeness (QED) is 0.246. The van der Waals surface area contributed by atoms with Gasteiger partial charge in [0.05, 0.1) is 6.54 Å². The van der Waals surface area contributed by atoms with E-state index in [9.17, 15) is 5.11 Å². The third kappa shape index (κ3) is 8.65. The maximum atomic E-state index is 9.32. The molecule has 3 rings (SSSR count). The van der Waals surface area contributed by atoms with Crippen LogP contribution in [0.15, 0.2) is 29.3 Å². The van der Waals surface area contributed by atoms with Crippen molar-refractivity contribution in [3.63, 3.8) is 0 Å². The van der Waals surface area contributed by atoms with Crippen LogP contribution in [0.25, 0.3) is 0 Å². The van der Waals surface area contributed by atoms with Gasteiger partial charge in [-0.1, -0.05) is 25.5 Å². The second kappa shape index (κ2) is 14.5. The van der Waals surface area contributed by atoms with Gasteiger partial charge in [-0.15, -0.1) is 24.0 Å². The number of rotatable bonds is 8. The second-order valence-corrected chi connectivity index (χ2v) is 10.1. The van der Waals surface area contributed by atoms with Crippen LogP contribution in [0.5, 0.6) is 0 Å². The van der Waals surface area contributed by atoms with Gasteiger partial charge in [-0.3, -0.25) is 0 Å². The molecule has 0 spiro atoms. The van der Waals surface area contributed by atoms with Crippen LogP contribution in [0.3, 0.4) is 0 Å². The summed E-state index contributed by atoms with van der Waals surface area (Å²) in [5.41, 5.74) is 2.52. The Morgan fingerprint density at radius 1 is 1.13 bits per heavy atom. The molecule has 5 nitrogen and oxygen atoms in total. The van der Waals surface area contributed by atoms with E-state index >= 15 is 0 Å². The van der Waals surface area contributed by atoms with Gasteiger partial charge < -0.3 is 20.6 Å².